The van der Waals surface area contributed by atoms with E-state index in [0.29, 0.717) is 32.7 Å². The van der Waals surface area contributed by atoms with Crippen molar-refractivity contribution in [1.82, 2.24) is 15.2 Å². The molecule has 3 rings (SSSR count). The summed E-state index contributed by atoms with van der Waals surface area (Å²) in [6.07, 6.45) is 3.40. The summed E-state index contributed by atoms with van der Waals surface area (Å²) in [7, 11) is 0. The third-order valence-corrected chi connectivity index (χ3v) is 4.69. The van der Waals surface area contributed by atoms with Gasteiger partial charge in [-0.05, 0) is 31.9 Å². The van der Waals surface area contributed by atoms with Gasteiger partial charge in [0.15, 0.2) is 0 Å². The molecule has 1 aromatic heterocycles. The van der Waals surface area contributed by atoms with E-state index in [2.05, 4.69) is 15.6 Å². The van der Waals surface area contributed by atoms with Crippen LogP contribution in [-0.4, -0.2) is 54.2 Å². The van der Waals surface area contributed by atoms with Crippen LogP contribution in [0.4, 0.5) is 10.5 Å². The van der Waals surface area contributed by atoms with Gasteiger partial charge in [0.1, 0.15) is 0 Å². The van der Waals surface area contributed by atoms with Crippen LogP contribution in [0.5, 0.6) is 0 Å². The van der Waals surface area contributed by atoms with Gasteiger partial charge in [-0.1, -0.05) is 18.2 Å². The van der Waals surface area contributed by atoms with Crippen LogP contribution in [0.3, 0.4) is 0 Å². The number of pyridine rings is 1. The Morgan fingerprint density at radius 2 is 2.00 bits per heavy atom. The largest absolute Gasteiger partial charge is 0.450 e. The fourth-order valence-electron chi connectivity index (χ4n) is 3.28. The summed E-state index contributed by atoms with van der Waals surface area (Å²) in [5, 5.41) is 7.43. The Morgan fingerprint density at radius 1 is 1.22 bits per heavy atom. The van der Waals surface area contributed by atoms with E-state index >= 15 is 0 Å². The molecule has 1 aliphatic rings. The number of nitrogens with one attached hydrogen (secondary N) is 2. The first-order chi connectivity index (χ1) is 13.2. The van der Waals surface area contributed by atoms with Crippen LogP contribution in [-0.2, 0) is 9.53 Å². The minimum atomic E-state index is -0.268. The van der Waals surface area contributed by atoms with Gasteiger partial charge in [-0.2, -0.15) is 0 Å². The number of aromatic nitrogens is 1. The third kappa shape index (κ3) is 5.09. The Bertz CT molecular complexity index is 782. The quantitative estimate of drug-likeness (QED) is 0.817. The number of para-hydroxylation sites is 1. The zero-order valence-electron chi connectivity index (χ0n) is 15.6. The number of likely N-dealkylation sites (tertiary alicyclic amines) is 1. The number of amides is 2. The first-order valence-electron chi connectivity index (χ1n) is 9.46. The monoisotopic (exact) mass is 370 g/mol. The standard InChI is InChI=1S/C20H26N4O3/c1-2-27-20(26)24-13-9-16(10-14-24)23-18(25)8-12-21-17-7-3-5-15-6-4-11-22-19(15)17/h3-7,11,16,21H,2,8-10,12-14H2,1H3,(H,23,25). The molecular weight excluding hydrogens is 344 g/mol. The molecule has 2 N–H and O–H groups in total. The van der Waals surface area contributed by atoms with Gasteiger partial charge in [-0.15, -0.1) is 0 Å². The van der Waals surface area contributed by atoms with Crippen molar-refractivity contribution in [3.05, 3.63) is 36.5 Å². The van der Waals surface area contributed by atoms with E-state index in [0.717, 1.165) is 29.4 Å². The molecule has 1 saturated heterocycles. The second kappa shape index (κ2) is 9.21. The molecule has 2 aromatic rings. The number of carbonyl (C=O) groups is 2. The maximum atomic E-state index is 12.2. The van der Waals surface area contributed by atoms with Crippen LogP contribution in [0.2, 0.25) is 0 Å². The molecule has 27 heavy (non-hydrogen) atoms. The highest BCUT2D eigenvalue weighted by atomic mass is 16.6. The molecule has 0 radical (unpaired) electrons. The SMILES string of the molecule is CCOC(=O)N1CCC(NC(=O)CCNc2cccc3cccnc23)CC1. The highest BCUT2D eigenvalue weighted by Gasteiger charge is 2.24. The molecule has 144 valence electrons. The number of hydrogen-bond acceptors (Lipinski definition) is 5. The summed E-state index contributed by atoms with van der Waals surface area (Å²) < 4.78 is 5.01. The minimum Gasteiger partial charge on any atom is -0.450 e. The lowest BCUT2D eigenvalue weighted by Crippen LogP contribution is -2.46. The summed E-state index contributed by atoms with van der Waals surface area (Å²) in [5.74, 6) is 0.0188. The summed E-state index contributed by atoms with van der Waals surface area (Å²) in [6, 6.07) is 10.0. The van der Waals surface area contributed by atoms with Gasteiger partial charge in [0.2, 0.25) is 5.91 Å². The molecule has 7 heteroatoms. The van der Waals surface area contributed by atoms with Crippen LogP contribution in [0.25, 0.3) is 10.9 Å². The zero-order valence-corrected chi connectivity index (χ0v) is 15.6. The Labute approximate surface area is 159 Å². The molecule has 7 nitrogen and oxygen atoms in total. The Morgan fingerprint density at radius 3 is 2.78 bits per heavy atom. The highest BCUT2D eigenvalue weighted by molar-refractivity contribution is 5.90. The number of anilines is 1. The lowest BCUT2D eigenvalue weighted by atomic mass is 10.1. The van der Waals surface area contributed by atoms with Crippen LogP contribution in [0, 0.1) is 0 Å². The van der Waals surface area contributed by atoms with E-state index in [4.69, 9.17) is 4.74 Å². The molecule has 0 unspecified atom stereocenters. The maximum absolute atomic E-state index is 12.2. The van der Waals surface area contributed by atoms with E-state index in [9.17, 15) is 9.59 Å². The highest BCUT2D eigenvalue weighted by Crippen LogP contribution is 2.20. The number of benzene rings is 1. The molecule has 2 heterocycles. The Balaban J connectivity index is 1.41. The van der Waals surface area contributed by atoms with Crippen molar-refractivity contribution in [2.45, 2.75) is 32.2 Å². The van der Waals surface area contributed by atoms with Crippen LogP contribution >= 0.6 is 0 Å². The van der Waals surface area contributed by atoms with E-state index in [1.807, 2.05) is 30.3 Å². The van der Waals surface area contributed by atoms with Gasteiger partial charge < -0.3 is 20.3 Å². The number of carbonyl (C=O) groups excluding carboxylic acids is 2. The average Bonchev–Trinajstić information content (AvgIpc) is 2.69. The average molecular weight is 370 g/mol. The van der Waals surface area contributed by atoms with E-state index in [1.54, 1.807) is 18.0 Å². The van der Waals surface area contributed by atoms with E-state index in [1.165, 1.54) is 0 Å². The van der Waals surface area contributed by atoms with Crippen LogP contribution < -0.4 is 10.6 Å². The van der Waals surface area contributed by atoms with Gasteiger partial charge in [0.25, 0.3) is 0 Å². The summed E-state index contributed by atoms with van der Waals surface area (Å²) in [6.45, 7) is 3.96. The van der Waals surface area contributed by atoms with Crippen molar-refractivity contribution >= 4 is 28.6 Å². The van der Waals surface area contributed by atoms with Gasteiger partial charge in [0.05, 0.1) is 17.8 Å². The maximum Gasteiger partial charge on any atom is 0.409 e. The molecule has 0 saturated carbocycles. The first-order valence-corrected chi connectivity index (χ1v) is 9.46. The van der Waals surface area contributed by atoms with Crippen molar-refractivity contribution in [1.29, 1.82) is 0 Å². The molecule has 0 aliphatic carbocycles. The second-order valence-corrected chi connectivity index (χ2v) is 6.59. The second-order valence-electron chi connectivity index (χ2n) is 6.59. The van der Waals surface area contributed by atoms with Crippen molar-refractivity contribution < 1.29 is 14.3 Å². The Kier molecular flexibility index (Phi) is 6.46. The number of hydrogen-bond donors (Lipinski definition) is 2. The molecular formula is C20H26N4O3. The normalized spacial score (nSPS) is 14.8. The third-order valence-electron chi connectivity index (χ3n) is 4.69. The number of piperidine rings is 1. The molecule has 1 aliphatic heterocycles. The fourth-order valence-corrected chi connectivity index (χ4v) is 3.28. The van der Waals surface area contributed by atoms with E-state index in [-0.39, 0.29) is 18.0 Å². The summed E-state index contributed by atoms with van der Waals surface area (Å²) >= 11 is 0. The molecule has 0 bridgehead atoms. The number of fused-ring (bicyclic) bond motifs is 1. The van der Waals surface area contributed by atoms with Crippen molar-refractivity contribution in [2.75, 3.05) is 31.6 Å². The molecule has 1 aromatic carbocycles. The number of ether oxygens (including phenoxy) is 1. The topological polar surface area (TPSA) is 83.6 Å². The van der Waals surface area contributed by atoms with Gasteiger partial charge in [0, 0.05) is 43.7 Å². The van der Waals surface area contributed by atoms with Gasteiger partial charge in [-0.25, -0.2) is 4.79 Å². The van der Waals surface area contributed by atoms with Crippen molar-refractivity contribution in [2.24, 2.45) is 0 Å². The van der Waals surface area contributed by atoms with Crippen LogP contribution in [0.1, 0.15) is 26.2 Å². The molecule has 2 amide bonds. The zero-order chi connectivity index (χ0) is 19.1. The molecule has 0 spiro atoms. The minimum absolute atomic E-state index is 0.0188. The van der Waals surface area contributed by atoms with Gasteiger partial charge in [-0.3, -0.25) is 9.78 Å². The van der Waals surface area contributed by atoms with Crippen molar-refractivity contribution in [3.63, 3.8) is 0 Å². The number of nitrogens with zero attached hydrogens (tertiary/aromatic N) is 2. The lowest BCUT2D eigenvalue weighted by molar-refractivity contribution is -0.121. The van der Waals surface area contributed by atoms with Crippen LogP contribution in [0.15, 0.2) is 36.5 Å². The first kappa shape index (κ1) is 18.9. The van der Waals surface area contributed by atoms with Gasteiger partial charge >= 0.3 is 6.09 Å². The number of rotatable bonds is 6. The molecule has 0 atom stereocenters. The summed E-state index contributed by atoms with van der Waals surface area (Å²) in [4.78, 5) is 30.0. The Hall–Kier alpha value is -2.83. The molecule has 1 fully saturated rings. The smallest absolute Gasteiger partial charge is 0.409 e. The predicted octanol–water partition coefficient (Wildman–Crippen LogP) is 2.77. The summed E-state index contributed by atoms with van der Waals surface area (Å²) in [5.41, 5.74) is 1.84. The lowest BCUT2D eigenvalue weighted by Gasteiger charge is -2.31. The predicted molar refractivity (Wildman–Crippen MR) is 105 cm³/mol. The van der Waals surface area contributed by atoms with Crippen molar-refractivity contribution in [3.8, 4) is 0 Å². The van der Waals surface area contributed by atoms with E-state index < -0.39 is 0 Å². The fraction of sp³-hybridized carbons (Fsp3) is 0.450.